The van der Waals surface area contributed by atoms with Crippen molar-refractivity contribution >= 4 is 34.1 Å². The van der Waals surface area contributed by atoms with Crippen molar-refractivity contribution < 1.29 is 9.53 Å². The van der Waals surface area contributed by atoms with E-state index in [2.05, 4.69) is 22.6 Å². The summed E-state index contributed by atoms with van der Waals surface area (Å²) in [6.07, 6.45) is 0. The van der Waals surface area contributed by atoms with E-state index in [0.29, 0.717) is 23.6 Å². The molecule has 0 fully saturated rings. The monoisotopic (exact) mass is 367 g/mol. The Labute approximate surface area is 125 Å². The van der Waals surface area contributed by atoms with E-state index in [1.807, 2.05) is 24.3 Å². The Morgan fingerprint density at radius 2 is 2.00 bits per heavy atom. The molecule has 2 N–H and O–H groups in total. The van der Waals surface area contributed by atoms with E-state index in [4.69, 9.17) is 10.5 Å². The normalized spacial score (nSPS) is 10.2. The molecule has 2 aromatic carbocycles. The van der Waals surface area contributed by atoms with Crippen LogP contribution >= 0.6 is 22.6 Å². The Morgan fingerprint density at radius 1 is 1.26 bits per heavy atom. The highest BCUT2D eigenvalue weighted by atomic mass is 127. The molecule has 0 aliphatic carbocycles. The van der Waals surface area contributed by atoms with Crippen LogP contribution in [0.1, 0.15) is 22.8 Å². The molecule has 0 unspecified atom stereocenters. The maximum Gasteiger partial charge on any atom is 0.161 e. The van der Waals surface area contributed by atoms with Gasteiger partial charge in [0.25, 0.3) is 0 Å². The van der Waals surface area contributed by atoms with Gasteiger partial charge in [0, 0.05) is 26.5 Å². The minimum absolute atomic E-state index is 0.0401. The third kappa shape index (κ3) is 3.47. The highest BCUT2D eigenvalue weighted by molar-refractivity contribution is 14.1. The first-order valence-corrected chi connectivity index (χ1v) is 6.92. The van der Waals surface area contributed by atoms with Crippen molar-refractivity contribution in [3.8, 4) is 5.75 Å². The van der Waals surface area contributed by atoms with Gasteiger partial charge in [0.2, 0.25) is 0 Å². The first kappa shape index (κ1) is 13.9. The number of carbonyl (C=O) groups excluding carboxylic acids is 1. The van der Waals surface area contributed by atoms with Gasteiger partial charge in [-0.2, -0.15) is 0 Å². The van der Waals surface area contributed by atoms with Crippen molar-refractivity contribution in [3.05, 3.63) is 57.2 Å². The summed E-state index contributed by atoms with van der Waals surface area (Å²) in [6.45, 7) is 1.98. The van der Waals surface area contributed by atoms with Crippen LogP contribution in [0.4, 0.5) is 5.69 Å². The third-order valence-corrected chi connectivity index (χ3v) is 3.81. The van der Waals surface area contributed by atoms with E-state index in [0.717, 1.165) is 9.13 Å². The molecule has 3 nitrogen and oxygen atoms in total. The third-order valence-electron chi connectivity index (χ3n) is 2.75. The predicted octanol–water partition coefficient (Wildman–Crippen LogP) is 3.66. The van der Waals surface area contributed by atoms with E-state index in [1.54, 1.807) is 18.2 Å². The van der Waals surface area contributed by atoms with Gasteiger partial charge in [0.05, 0.1) is 0 Å². The summed E-state index contributed by atoms with van der Waals surface area (Å²) in [6, 6.07) is 13.2. The Kier molecular flexibility index (Phi) is 4.42. The molecule has 98 valence electrons. The largest absolute Gasteiger partial charge is 0.489 e. The van der Waals surface area contributed by atoms with Crippen LogP contribution in [0.3, 0.4) is 0 Å². The van der Waals surface area contributed by atoms with Crippen molar-refractivity contribution in [1.82, 2.24) is 0 Å². The minimum atomic E-state index is -0.0401. The maximum absolute atomic E-state index is 11.3. The van der Waals surface area contributed by atoms with E-state index in [1.165, 1.54) is 6.92 Å². The number of carbonyl (C=O) groups is 1. The lowest BCUT2D eigenvalue weighted by atomic mass is 10.1. The average molecular weight is 367 g/mol. The number of nitrogens with two attached hydrogens (primary N) is 1. The van der Waals surface area contributed by atoms with Gasteiger partial charge in [0.1, 0.15) is 12.4 Å². The topological polar surface area (TPSA) is 52.3 Å². The van der Waals surface area contributed by atoms with E-state index >= 15 is 0 Å². The zero-order valence-corrected chi connectivity index (χ0v) is 12.7. The maximum atomic E-state index is 11.3. The number of ketones is 1. The molecular formula is C15H14INO2. The van der Waals surface area contributed by atoms with Crippen LogP contribution in [-0.2, 0) is 6.61 Å². The van der Waals surface area contributed by atoms with Gasteiger partial charge in [-0.1, -0.05) is 18.2 Å². The summed E-state index contributed by atoms with van der Waals surface area (Å²) in [5.74, 6) is 0.629. The highest BCUT2D eigenvalue weighted by Gasteiger charge is 2.06. The van der Waals surface area contributed by atoms with Gasteiger partial charge in [-0.3, -0.25) is 4.79 Å². The fourth-order valence-electron chi connectivity index (χ4n) is 1.73. The number of hydrogen-bond acceptors (Lipinski definition) is 3. The second kappa shape index (κ2) is 6.06. The predicted molar refractivity (Wildman–Crippen MR) is 84.3 cm³/mol. The summed E-state index contributed by atoms with van der Waals surface area (Å²) in [5, 5.41) is 0. The van der Waals surface area contributed by atoms with Gasteiger partial charge in [0.15, 0.2) is 5.78 Å². The highest BCUT2D eigenvalue weighted by Crippen LogP contribution is 2.22. The molecule has 0 aliphatic rings. The zero-order chi connectivity index (χ0) is 13.8. The number of halogens is 1. The van der Waals surface area contributed by atoms with E-state index in [-0.39, 0.29) is 5.78 Å². The van der Waals surface area contributed by atoms with E-state index < -0.39 is 0 Å². The smallest absolute Gasteiger partial charge is 0.161 e. The molecule has 0 aliphatic heterocycles. The first-order valence-electron chi connectivity index (χ1n) is 5.84. The van der Waals surface area contributed by atoms with Crippen LogP contribution in [0.15, 0.2) is 42.5 Å². The number of nitrogen functional groups attached to an aromatic ring is 1. The molecule has 19 heavy (non-hydrogen) atoms. The molecule has 4 heteroatoms. The van der Waals surface area contributed by atoms with Crippen LogP contribution in [0, 0.1) is 3.57 Å². The minimum Gasteiger partial charge on any atom is -0.489 e. The Balaban J connectivity index is 2.11. The summed E-state index contributed by atoms with van der Waals surface area (Å²) >= 11 is 2.27. The fourth-order valence-corrected chi connectivity index (χ4v) is 2.27. The van der Waals surface area contributed by atoms with Crippen LogP contribution in [0.25, 0.3) is 0 Å². The molecule has 0 radical (unpaired) electrons. The molecule has 0 saturated carbocycles. The number of rotatable bonds is 4. The van der Waals surface area contributed by atoms with E-state index in [9.17, 15) is 4.79 Å². The molecule has 0 saturated heterocycles. The number of ether oxygens (including phenoxy) is 1. The number of hydrogen-bond donors (Lipinski definition) is 1. The molecule has 0 heterocycles. The SMILES string of the molecule is CC(=O)c1ccc(OCc2ccccc2I)cc1N. The van der Waals surface area contributed by atoms with Crippen molar-refractivity contribution in [2.24, 2.45) is 0 Å². The van der Waals surface area contributed by atoms with Crippen LogP contribution < -0.4 is 10.5 Å². The molecular weight excluding hydrogens is 353 g/mol. The quantitative estimate of drug-likeness (QED) is 0.510. The van der Waals surface area contributed by atoms with Gasteiger partial charge < -0.3 is 10.5 Å². The van der Waals surface area contributed by atoms with Crippen molar-refractivity contribution in [2.45, 2.75) is 13.5 Å². The van der Waals surface area contributed by atoms with Crippen molar-refractivity contribution in [1.29, 1.82) is 0 Å². The molecule has 0 aromatic heterocycles. The van der Waals surface area contributed by atoms with Crippen LogP contribution in [0.2, 0.25) is 0 Å². The Bertz CT molecular complexity index is 611. The standard InChI is InChI=1S/C15H14INO2/c1-10(18)13-7-6-12(8-15(13)17)19-9-11-4-2-3-5-14(11)16/h2-8H,9,17H2,1H3. The zero-order valence-electron chi connectivity index (χ0n) is 10.5. The Morgan fingerprint density at radius 3 is 2.63 bits per heavy atom. The van der Waals surface area contributed by atoms with Gasteiger partial charge >= 0.3 is 0 Å². The molecule has 2 aromatic rings. The summed E-state index contributed by atoms with van der Waals surface area (Å²) < 4.78 is 6.85. The molecule has 2 rings (SSSR count). The summed E-state index contributed by atoms with van der Waals surface area (Å²) in [7, 11) is 0. The lowest BCUT2D eigenvalue weighted by Crippen LogP contribution is -2.02. The number of benzene rings is 2. The average Bonchev–Trinajstić information content (AvgIpc) is 2.37. The summed E-state index contributed by atoms with van der Waals surface area (Å²) in [4.78, 5) is 11.3. The van der Waals surface area contributed by atoms with Gasteiger partial charge in [-0.15, -0.1) is 0 Å². The van der Waals surface area contributed by atoms with Gasteiger partial charge in [-0.05, 0) is 47.7 Å². The first-order chi connectivity index (χ1) is 9.08. The van der Waals surface area contributed by atoms with Crippen molar-refractivity contribution in [3.63, 3.8) is 0 Å². The molecule has 0 amide bonds. The summed E-state index contributed by atoms with van der Waals surface area (Å²) in [5.41, 5.74) is 7.92. The van der Waals surface area contributed by atoms with Crippen LogP contribution in [0.5, 0.6) is 5.75 Å². The molecule has 0 spiro atoms. The fraction of sp³-hybridized carbons (Fsp3) is 0.133. The van der Waals surface area contributed by atoms with Crippen molar-refractivity contribution in [2.75, 3.05) is 5.73 Å². The number of Topliss-reactive ketones (excluding diaryl/α,β-unsaturated/α-hetero) is 1. The molecule has 0 atom stereocenters. The van der Waals surface area contributed by atoms with Crippen LogP contribution in [-0.4, -0.2) is 5.78 Å². The molecule has 0 bridgehead atoms. The second-order valence-corrected chi connectivity index (χ2v) is 5.35. The Hall–Kier alpha value is -1.56. The number of anilines is 1. The second-order valence-electron chi connectivity index (χ2n) is 4.19. The lowest BCUT2D eigenvalue weighted by Gasteiger charge is -2.09. The van der Waals surface area contributed by atoms with Gasteiger partial charge in [-0.25, -0.2) is 0 Å². The lowest BCUT2D eigenvalue weighted by molar-refractivity contribution is 0.101.